The molecule has 2 aromatic rings. The zero-order chi connectivity index (χ0) is 18.5. The molecule has 3 nitrogen and oxygen atoms in total. The van der Waals surface area contributed by atoms with Crippen LogP contribution in [0.3, 0.4) is 0 Å². The van der Waals surface area contributed by atoms with E-state index in [0.29, 0.717) is 5.92 Å². The van der Waals surface area contributed by atoms with E-state index < -0.39 is 17.1 Å². The SMILES string of the molecule is CC1(C)[C@@H](O)CC[C@]2(C)[C@@]3(C)c4[nH]c5ccccc5c4C[C@@H]3CC[C@@]12O. The summed E-state index contributed by atoms with van der Waals surface area (Å²) in [5.41, 5.74) is 2.32. The van der Waals surface area contributed by atoms with E-state index in [4.69, 9.17) is 0 Å². The van der Waals surface area contributed by atoms with E-state index in [9.17, 15) is 10.2 Å². The molecule has 140 valence electrons. The fourth-order valence-corrected chi connectivity index (χ4v) is 7.28. The van der Waals surface area contributed by atoms with Gasteiger partial charge in [0, 0.05) is 32.8 Å². The van der Waals surface area contributed by atoms with Crippen LogP contribution in [0.4, 0.5) is 0 Å². The summed E-state index contributed by atoms with van der Waals surface area (Å²) in [6, 6.07) is 8.61. The highest BCUT2D eigenvalue weighted by Crippen LogP contribution is 2.71. The number of fused-ring (bicyclic) bond motifs is 7. The molecule has 0 spiro atoms. The van der Waals surface area contributed by atoms with Crippen LogP contribution in [-0.2, 0) is 11.8 Å². The molecule has 1 aromatic heterocycles. The molecule has 3 N–H and O–H groups in total. The van der Waals surface area contributed by atoms with Crippen LogP contribution in [0.1, 0.15) is 64.6 Å². The Kier molecular flexibility index (Phi) is 3.07. The highest BCUT2D eigenvalue weighted by Gasteiger charge is 2.72. The maximum atomic E-state index is 12.1. The van der Waals surface area contributed by atoms with E-state index in [2.05, 4.69) is 56.9 Å². The number of rotatable bonds is 0. The van der Waals surface area contributed by atoms with Gasteiger partial charge in [-0.05, 0) is 49.7 Å². The van der Waals surface area contributed by atoms with Crippen molar-refractivity contribution in [1.82, 2.24) is 4.98 Å². The van der Waals surface area contributed by atoms with Crippen LogP contribution in [0.25, 0.3) is 10.9 Å². The second-order valence-corrected chi connectivity index (χ2v) is 10.1. The van der Waals surface area contributed by atoms with Crippen molar-refractivity contribution in [3.8, 4) is 0 Å². The fraction of sp³-hybridized carbons (Fsp3) is 0.652. The molecule has 5 rings (SSSR count). The lowest BCUT2D eigenvalue weighted by Crippen LogP contribution is -2.72. The first-order valence-corrected chi connectivity index (χ1v) is 10.2. The van der Waals surface area contributed by atoms with Crippen molar-refractivity contribution >= 4 is 10.9 Å². The van der Waals surface area contributed by atoms with Crippen LogP contribution < -0.4 is 0 Å². The molecule has 0 saturated heterocycles. The van der Waals surface area contributed by atoms with Gasteiger partial charge in [-0.3, -0.25) is 0 Å². The smallest absolute Gasteiger partial charge is 0.0785 e. The standard InChI is InChI=1S/C23H31NO2/c1-20(2)18(25)10-11-21(3)22(4)14(9-12-23(20,21)26)13-16-15-7-5-6-8-17(15)24-19(16)22/h5-8,14,18,24-26H,9-13H2,1-4H3/t14-,18-,21+,22+,23+/m0/s1. The maximum absolute atomic E-state index is 12.1. The van der Waals surface area contributed by atoms with E-state index >= 15 is 0 Å². The third kappa shape index (κ3) is 1.56. The molecule has 0 amide bonds. The van der Waals surface area contributed by atoms with Crippen molar-refractivity contribution in [2.24, 2.45) is 16.7 Å². The molecule has 2 fully saturated rings. The Morgan fingerprint density at radius 1 is 1.04 bits per heavy atom. The van der Waals surface area contributed by atoms with Crippen LogP contribution in [0.5, 0.6) is 0 Å². The summed E-state index contributed by atoms with van der Waals surface area (Å²) in [7, 11) is 0. The first-order chi connectivity index (χ1) is 12.2. The molecule has 0 unspecified atom stereocenters. The molecule has 0 radical (unpaired) electrons. The van der Waals surface area contributed by atoms with E-state index in [1.54, 1.807) is 0 Å². The average Bonchev–Trinajstić information content (AvgIpc) is 3.11. The third-order valence-electron chi connectivity index (χ3n) is 9.33. The fourth-order valence-electron chi connectivity index (χ4n) is 7.28. The van der Waals surface area contributed by atoms with Gasteiger partial charge in [0.25, 0.3) is 0 Å². The van der Waals surface area contributed by atoms with Gasteiger partial charge < -0.3 is 15.2 Å². The predicted molar refractivity (Wildman–Crippen MR) is 104 cm³/mol. The zero-order valence-corrected chi connectivity index (χ0v) is 16.4. The third-order valence-corrected chi connectivity index (χ3v) is 9.33. The van der Waals surface area contributed by atoms with Gasteiger partial charge in [-0.2, -0.15) is 0 Å². The summed E-state index contributed by atoms with van der Waals surface area (Å²) >= 11 is 0. The minimum atomic E-state index is -0.859. The van der Waals surface area contributed by atoms with Crippen LogP contribution >= 0.6 is 0 Å². The number of nitrogens with one attached hydrogen (secondary N) is 1. The quantitative estimate of drug-likeness (QED) is 0.661. The van der Waals surface area contributed by atoms with Gasteiger partial charge in [-0.1, -0.05) is 45.9 Å². The van der Waals surface area contributed by atoms with Crippen molar-refractivity contribution in [3.63, 3.8) is 0 Å². The second kappa shape index (κ2) is 4.74. The summed E-state index contributed by atoms with van der Waals surface area (Å²) in [4.78, 5) is 3.76. The van der Waals surface area contributed by atoms with Crippen molar-refractivity contribution < 1.29 is 10.2 Å². The number of hydrogen-bond acceptors (Lipinski definition) is 2. The van der Waals surface area contributed by atoms with Crippen LogP contribution in [0, 0.1) is 16.7 Å². The summed E-state index contributed by atoms with van der Waals surface area (Å²) in [6.07, 6.45) is 4.11. The van der Waals surface area contributed by atoms with Gasteiger partial charge in [0.15, 0.2) is 0 Å². The highest BCUT2D eigenvalue weighted by atomic mass is 16.3. The minimum absolute atomic E-state index is 0.0915. The Morgan fingerprint density at radius 3 is 2.54 bits per heavy atom. The molecule has 5 atom stereocenters. The number of aromatic amines is 1. The summed E-state index contributed by atoms with van der Waals surface area (Å²) in [5.74, 6) is 0.560. The second-order valence-electron chi connectivity index (χ2n) is 10.1. The van der Waals surface area contributed by atoms with E-state index in [1.165, 1.54) is 22.2 Å². The summed E-state index contributed by atoms with van der Waals surface area (Å²) in [5, 5.41) is 24.2. The number of benzene rings is 1. The lowest BCUT2D eigenvalue weighted by molar-refractivity contribution is -0.269. The zero-order valence-electron chi connectivity index (χ0n) is 16.4. The van der Waals surface area contributed by atoms with Crippen molar-refractivity contribution in [2.75, 3.05) is 0 Å². The van der Waals surface area contributed by atoms with Gasteiger partial charge in [0.05, 0.1) is 11.7 Å². The molecule has 0 aliphatic heterocycles. The molecule has 3 heteroatoms. The lowest BCUT2D eigenvalue weighted by Gasteiger charge is -2.68. The topological polar surface area (TPSA) is 56.2 Å². The highest BCUT2D eigenvalue weighted by molar-refractivity contribution is 5.86. The first kappa shape index (κ1) is 16.8. The Bertz CT molecular complexity index is 899. The van der Waals surface area contributed by atoms with E-state index in [-0.39, 0.29) is 10.8 Å². The number of para-hydroxylation sites is 1. The van der Waals surface area contributed by atoms with Crippen molar-refractivity contribution in [3.05, 3.63) is 35.5 Å². The summed E-state index contributed by atoms with van der Waals surface area (Å²) < 4.78 is 0. The predicted octanol–water partition coefficient (Wildman–Crippen LogP) is 4.31. The van der Waals surface area contributed by atoms with Gasteiger partial charge in [-0.15, -0.1) is 0 Å². The van der Waals surface area contributed by atoms with Crippen LogP contribution in [-0.4, -0.2) is 26.9 Å². The molecular formula is C23H31NO2. The molecule has 26 heavy (non-hydrogen) atoms. The molecule has 1 heterocycles. The molecule has 0 bridgehead atoms. The van der Waals surface area contributed by atoms with Gasteiger partial charge in [-0.25, -0.2) is 0 Å². The van der Waals surface area contributed by atoms with Crippen LogP contribution in [0.15, 0.2) is 24.3 Å². The maximum Gasteiger partial charge on any atom is 0.0785 e. The minimum Gasteiger partial charge on any atom is -0.392 e. The number of aliphatic hydroxyl groups excluding tert-OH is 1. The Morgan fingerprint density at radius 2 is 1.77 bits per heavy atom. The van der Waals surface area contributed by atoms with Gasteiger partial charge in [0.2, 0.25) is 0 Å². The monoisotopic (exact) mass is 353 g/mol. The van der Waals surface area contributed by atoms with E-state index in [0.717, 1.165) is 32.1 Å². The summed E-state index contributed by atoms with van der Waals surface area (Å²) in [6.45, 7) is 8.82. The normalized spacial score (nSPS) is 43.8. The van der Waals surface area contributed by atoms with Gasteiger partial charge in [0.1, 0.15) is 0 Å². The molecule has 3 aliphatic rings. The van der Waals surface area contributed by atoms with Gasteiger partial charge >= 0.3 is 0 Å². The Balaban J connectivity index is 1.76. The molecule has 1 aromatic carbocycles. The number of H-pyrrole nitrogens is 1. The molecular weight excluding hydrogens is 322 g/mol. The number of aliphatic hydroxyl groups is 2. The van der Waals surface area contributed by atoms with Crippen molar-refractivity contribution in [2.45, 2.75) is 76.9 Å². The van der Waals surface area contributed by atoms with Crippen LogP contribution in [0.2, 0.25) is 0 Å². The Hall–Kier alpha value is -1.32. The lowest BCUT2D eigenvalue weighted by atomic mass is 9.39. The number of hydrogen-bond donors (Lipinski definition) is 3. The number of aromatic nitrogens is 1. The molecule has 3 aliphatic carbocycles. The Labute approximate surface area is 155 Å². The first-order valence-electron chi connectivity index (χ1n) is 10.2. The average molecular weight is 354 g/mol. The van der Waals surface area contributed by atoms with Crippen molar-refractivity contribution in [1.29, 1.82) is 0 Å². The molecule has 2 saturated carbocycles. The largest absolute Gasteiger partial charge is 0.392 e. The van der Waals surface area contributed by atoms with E-state index in [1.807, 2.05) is 0 Å².